The molecule has 1 saturated carbocycles. The summed E-state index contributed by atoms with van der Waals surface area (Å²) >= 11 is 0. The molecule has 1 aliphatic rings. The van der Waals surface area contributed by atoms with E-state index in [1.165, 1.54) is 0 Å². The second-order valence-corrected chi connectivity index (χ2v) is 5.91. The summed E-state index contributed by atoms with van der Waals surface area (Å²) in [6.07, 6.45) is 5.83. The molecule has 0 amide bonds. The van der Waals surface area contributed by atoms with Crippen molar-refractivity contribution < 1.29 is 5.11 Å². The first-order chi connectivity index (χ1) is 9.02. The fourth-order valence-electron chi connectivity index (χ4n) is 3.20. The van der Waals surface area contributed by atoms with Crippen molar-refractivity contribution in [2.24, 2.45) is 5.73 Å². The number of rotatable bonds is 5. The van der Waals surface area contributed by atoms with Gasteiger partial charge in [-0.3, -0.25) is 9.88 Å². The number of hydrogen-bond donors (Lipinski definition) is 2. The fourth-order valence-corrected chi connectivity index (χ4v) is 3.20. The van der Waals surface area contributed by atoms with Crippen molar-refractivity contribution in [2.75, 3.05) is 13.6 Å². The van der Waals surface area contributed by atoms with Crippen molar-refractivity contribution in [3.05, 3.63) is 30.1 Å². The fraction of sp³-hybridized carbons (Fsp3) is 0.667. The summed E-state index contributed by atoms with van der Waals surface area (Å²) in [5.74, 6) is 0. The number of hydrogen-bond acceptors (Lipinski definition) is 4. The van der Waals surface area contributed by atoms with E-state index < -0.39 is 5.60 Å². The Hall–Kier alpha value is -0.970. The summed E-state index contributed by atoms with van der Waals surface area (Å²) < 4.78 is 0. The molecule has 1 aromatic heterocycles. The third kappa shape index (κ3) is 3.53. The first-order valence-corrected chi connectivity index (χ1v) is 7.11. The minimum atomic E-state index is -0.545. The number of likely N-dealkylation sites (N-methyl/N-ethyl adjacent to an activating group) is 1. The van der Waals surface area contributed by atoms with Gasteiger partial charge in [0.2, 0.25) is 0 Å². The van der Waals surface area contributed by atoms with Crippen LogP contribution in [0.1, 0.15) is 44.3 Å². The average Bonchev–Trinajstić information content (AvgIpc) is 2.76. The Balaban J connectivity index is 2.11. The second-order valence-electron chi connectivity index (χ2n) is 5.91. The zero-order valence-electron chi connectivity index (χ0n) is 11.9. The van der Waals surface area contributed by atoms with Crippen molar-refractivity contribution in [2.45, 2.75) is 50.3 Å². The summed E-state index contributed by atoms with van der Waals surface area (Å²) in [4.78, 5) is 6.57. The van der Waals surface area contributed by atoms with E-state index >= 15 is 0 Å². The van der Waals surface area contributed by atoms with E-state index in [2.05, 4.69) is 9.88 Å². The SMILES string of the molecule is CC(N)C(c1ccccn1)N(C)CC1(O)CCCC1. The predicted molar refractivity (Wildman–Crippen MR) is 76.7 cm³/mol. The Morgan fingerprint density at radius 3 is 2.63 bits per heavy atom. The normalized spacial score (nSPS) is 21.5. The largest absolute Gasteiger partial charge is 0.389 e. The van der Waals surface area contributed by atoms with Gasteiger partial charge in [-0.25, -0.2) is 0 Å². The Bertz CT molecular complexity index is 388. The highest BCUT2D eigenvalue weighted by atomic mass is 16.3. The smallest absolute Gasteiger partial charge is 0.0774 e. The maximum absolute atomic E-state index is 10.5. The topological polar surface area (TPSA) is 62.4 Å². The van der Waals surface area contributed by atoms with Gasteiger partial charge in [0.15, 0.2) is 0 Å². The van der Waals surface area contributed by atoms with E-state index in [0.717, 1.165) is 31.4 Å². The lowest BCUT2D eigenvalue weighted by Crippen LogP contribution is -2.45. The van der Waals surface area contributed by atoms with Gasteiger partial charge in [0.05, 0.1) is 17.3 Å². The van der Waals surface area contributed by atoms with Crippen LogP contribution in [0.3, 0.4) is 0 Å². The molecular formula is C15H25N3O. The molecule has 1 fully saturated rings. The Morgan fingerprint density at radius 1 is 1.42 bits per heavy atom. The average molecular weight is 263 g/mol. The third-order valence-electron chi connectivity index (χ3n) is 4.04. The van der Waals surface area contributed by atoms with E-state index in [1.807, 2.05) is 32.2 Å². The van der Waals surface area contributed by atoms with Gasteiger partial charge in [-0.2, -0.15) is 0 Å². The lowest BCUT2D eigenvalue weighted by Gasteiger charge is -2.35. The number of aromatic nitrogens is 1. The van der Waals surface area contributed by atoms with Gasteiger partial charge in [-0.15, -0.1) is 0 Å². The van der Waals surface area contributed by atoms with Crippen LogP contribution in [0.15, 0.2) is 24.4 Å². The molecule has 0 aromatic carbocycles. The summed E-state index contributed by atoms with van der Waals surface area (Å²) in [7, 11) is 2.03. The molecule has 4 heteroatoms. The van der Waals surface area contributed by atoms with Gasteiger partial charge in [-0.1, -0.05) is 18.9 Å². The van der Waals surface area contributed by atoms with Crippen LogP contribution in [0.5, 0.6) is 0 Å². The molecule has 0 saturated heterocycles. The van der Waals surface area contributed by atoms with E-state index in [-0.39, 0.29) is 12.1 Å². The Kier molecular flexibility index (Phi) is 4.55. The molecule has 0 aliphatic heterocycles. The van der Waals surface area contributed by atoms with Crippen molar-refractivity contribution in [3.8, 4) is 0 Å². The highest BCUT2D eigenvalue weighted by Gasteiger charge is 2.35. The maximum atomic E-state index is 10.5. The van der Waals surface area contributed by atoms with Crippen molar-refractivity contribution in [1.82, 2.24) is 9.88 Å². The number of aliphatic hydroxyl groups is 1. The molecule has 0 bridgehead atoms. The number of pyridine rings is 1. The van der Waals surface area contributed by atoms with Crippen LogP contribution in [-0.4, -0.2) is 40.2 Å². The van der Waals surface area contributed by atoms with Crippen LogP contribution in [-0.2, 0) is 0 Å². The molecule has 2 rings (SSSR count). The van der Waals surface area contributed by atoms with Crippen LogP contribution in [0.2, 0.25) is 0 Å². The van der Waals surface area contributed by atoms with E-state index in [9.17, 15) is 5.11 Å². The first kappa shape index (κ1) is 14.4. The van der Waals surface area contributed by atoms with Crippen LogP contribution in [0.4, 0.5) is 0 Å². The predicted octanol–water partition coefficient (Wildman–Crippen LogP) is 1.71. The lowest BCUT2D eigenvalue weighted by molar-refractivity contribution is 0.00201. The highest BCUT2D eigenvalue weighted by molar-refractivity contribution is 5.11. The molecule has 0 spiro atoms. The second kappa shape index (κ2) is 5.99. The summed E-state index contributed by atoms with van der Waals surface area (Å²) in [6.45, 7) is 2.66. The van der Waals surface area contributed by atoms with Gasteiger partial charge in [0.1, 0.15) is 0 Å². The van der Waals surface area contributed by atoms with Gasteiger partial charge < -0.3 is 10.8 Å². The molecule has 2 atom stereocenters. The maximum Gasteiger partial charge on any atom is 0.0774 e. The van der Waals surface area contributed by atoms with Crippen LogP contribution >= 0.6 is 0 Å². The van der Waals surface area contributed by atoms with Gasteiger partial charge in [0, 0.05) is 18.8 Å². The zero-order valence-corrected chi connectivity index (χ0v) is 11.9. The first-order valence-electron chi connectivity index (χ1n) is 7.11. The molecule has 1 heterocycles. The summed E-state index contributed by atoms with van der Waals surface area (Å²) in [5.41, 5.74) is 6.55. The molecule has 0 radical (unpaired) electrons. The van der Waals surface area contributed by atoms with Crippen LogP contribution in [0.25, 0.3) is 0 Å². The van der Waals surface area contributed by atoms with E-state index in [4.69, 9.17) is 5.73 Å². The molecule has 1 aliphatic carbocycles. The highest BCUT2D eigenvalue weighted by Crippen LogP contribution is 2.32. The van der Waals surface area contributed by atoms with E-state index in [0.29, 0.717) is 6.54 Å². The van der Waals surface area contributed by atoms with Crippen LogP contribution < -0.4 is 5.73 Å². The zero-order chi connectivity index (χ0) is 13.9. The molecule has 3 N–H and O–H groups in total. The Labute approximate surface area is 115 Å². The third-order valence-corrected chi connectivity index (χ3v) is 4.04. The monoisotopic (exact) mass is 263 g/mol. The van der Waals surface area contributed by atoms with Gasteiger partial charge in [-0.05, 0) is 38.9 Å². The van der Waals surface area contributed by atoms with Crippen molar-refractivity contribution in [1.29, 1.82) is 0 Å². The minimum absolute atomic E-state index is 0.0232. The molecule has 1 aromatic rings. The van der Waals surface area contributed by atoms with Crippen LogP contribution in [0, 0.1) is 0 Å². The number of nitrogens with zero attached hydrogens (tertiary/aromatic N) is 2. The molecule has 4 nitrogen and oxygen atoms in total. The van der Waals surface area contributed by atoms with Crippen molar-refractivity contribution >= 4 is 0 Å². The molecule has 106 valence electrons. The minimum Gasteiger partial charge on any atom is -0.389 e. The quantitative estimate of drug-likeness (QED) is 0.849. The summed E-state index contributed by atoms with van der Waals surface area (Å²) in [6, 6.07) is 5.92. The molecule has 19 heavy (non-hydrogen) atoms. The molecular weight excluding hydrogens is 238 g/mol. The standard InChI is InChI=1S/C15H25N3O/c1-12(16)14(13-7-3-6-10-17-13)18(2)11-15(19)8-4-5-9-15/h3,6-7,10,12,14,19H,4-5,8-9,11,16H2,1-2H3. The molecule has 2 unspecified atom stereocenters. The van der Waals surface area contributed by atoms with Gasteiger partial charge in [0.25, 0.3) is 0 Å². The lowest BCUT2D eigenvalue weighted by atomic mass is 9.98. The van der Waals surface area contributed by atoms with Crippen molar-refractivity contribution in [3.63, 3.8) is 0 Å². The Morgan fingerprint density at radius 2 is 2.11 bits per heavy atom. The number of nitrogens with two attached hydrogens (primary N) is 1. The van der Waals surface area contributed by atoms with E-state index in [1.54, 1.807) is 6.20 Å². The summed E-state index contributed by atoms with van der Waals surface area (Å²) in [5, 5.41) is 10.5. The van der Waals surface area contributed by atoms with Gasteiger partial charge >= 0.3 is 0 Å².